The van der Waals surface area contributed by atoms with E-state index in [0.717, 1.165) is 17.5 Å². The van der Waals surface area contributed by atoms with Gasteiger partial charge in [-0.05, 0) is 38.8 Å². The summed E-state index contributed by atoms with van der Waals surface area (Å²) in [5.74, 6) is -0.333. The molecule has 0 aliphatic heterocycles. The highest BCUT2D eigenvalue weighted by Gasteiger charge is 2.28. The summed E-state index contributed by atoms with van der Waals surface area (Å²) < 4.78 is 5.73. The second kappa shape index (κ2) is 7.95. The van der Waals surface area contributed by atoms with Crippen molar-refractivity contribution in [3.8, 4) is 0 Å². The van der Waals surface area contributed by atoms with Crippen LogP contribution in [0.15, 0.2) is 38.9 Å². The van der Waals surface area contributed by atoms with Gasteiger partial charge in [-0.1, -0.05) is 17.7 Å². The van der Waals surface area contributed by atoms with Crippen LogP contribution in [0, 0.1) is 13.8 Å². The summed E-state index contributed by atoms with van der Waals surface area (Å²) >= 11 is 0. The lowest BCUT2D eigenvalue weighted by atomic mass is 9.93. The molecule has 1 aliphatic carbocycles. The molecule has 3 rings (SSSR count). The molecule has 1 aromatic heterocycles. The number of nitrogens with one attached hydrogen (secondary N) is 2. The Bertz CT molecular complexity index is 968. The van der Waals surface area contributed by atoms with Crippen LogP contribution in [0.2, 0.25) is 0 Å². The highest BCUT2D eigenvalue weighted by molar-refractivity contribution is 6.07. The van der Waals surface area contributed by atoms with E-state index in [-0.39, 0.29) is 11.7 Å². The molecule has 146 valence electrons. The summed E-state index contributed by atoms with van der Waals surface area (Å²) in [6, 6.07) is 7.00. The fraction of sp³-hybridized carbons (Fsp3) is 0.263. The number of hydrogen-bond acceptors (Lipinski definition) is 5. The average Bonchev–Trinajstić information content (AvgIpc) is 3.02. The smallest absolute Gasteiger partial charge is 0.305 e. The first-order chi connectivity index (χ1) is 13.4. The number of carbonyl (C=O) groups excluding carboxylic acids is 2. The van der Waals surface area contributed by atoms with E-state index >= 15 is 0 Å². The molecular weight excluding hydrogens is 360 g/mol. The molecule has 0 radical (unpaired) electrons. The molecule has 0 atom stereocenters. The van der Waals surface area contributed by atoms with Gasteiger partial charge in [-0.25, -0.2) is 0 Å². The van der Waals surface area contributed by atoms with Gasteiger partial charge in [-0.15, -0.1) is 5.10 Å². The first kappa shape index (κ1) is 19.2. The van der Waals surface area contributed by atoms with E-state index < -0.39 is 11.8 Å². The predicted molar refractivity (Wildman–Crippen MR) is 105 cm³/mol. The van der Waals surface area contributed by atoms with Crippen molar-refractivity contribution in [1.82, 2.24) is 10.9 Å². The number of amides is 2. The maximum absolute atomic E-state index is 12.5. The van der Waals surface area contributed by atoms with E-state index in [1.807, 2.05) is 19.1 Å². The Balaban J connectivity index is 1.76. The van der Waals surface area contributed by atoms with Crippen molar-refractivity contribution in [3.63, 3.8) is 0 Å². The zero-order valence-corrected chi connectivity index (χ0v) is 15.7. The zero-order chi connectivity index (χ0) is 20.3. The number of carbonyl (C=O) groups is 2. The number of guanidine groups is 1. The number of fused-ring (bicyclic) bond motifs is 1. The van der Waals surface area contributed by atoms with Gasteiger partial charge < -0.3 is 15.9 Å². The van der Waals surface area contributed by atoms with Crippen LogP contribution in [-0.4, -0.2) is 23.5 Å². The topological polar surface area (TPSA) is 148 Å². The molecule has 6 N–H and O–H groups in total. The Morgan fingerprint density at radius 1 is 1.04 bits per heavy atom. The summed E-state index contributed by atoms with van der Waals surface area (Å²) in [5.41, 5.74) is 19.0. The van der Waals surface area contributed by atoms with Crippen LogP contribution in [0.4, 0.5) is 0 Å². The van der Waals surface area contributed by atoms with Crippen LogP contribution >= 0.6 is 0 Å². The van der Waals surface area contributed by atoms with E-state index in [1.54, 1.807) is 19.1 Å². The summed E-state index contributed by atoms with van der Waals surface area (Å²) in [5, 5.41) is 7.77. The lowest BCUT2D eigenvalue weighted by Crippen LogP contribution is -2.41. The summed E-state index contributed by atoms with van der Waals surface area (Å²) in [6.45, 7) is 3.69. The SMILES string of the molecule is Cc1ccc(C(=O)NNC(=O)c2oc3c(c2C)/C(=N/N=C(N)N)CCC3)cc1. The Kier molecular flexibility index (Phi) is 5.44. The van der Waals surface area contributed by atoms with E-state index in [4.69, 9.17) is 15.9 Å². The molecule has 0 saturated heterocycles. The van der Waals surface area contributed by atoms with Crippen molar-refractivity contribution in [1.29, 1.82) is 0 Å². The monoisotopic (exact) mass is 382 g/mol. The van der Waals surface area contributed by atoms with Gasteiger partial charge in [0, 0.05) is 23.1 Å². The van der Waals surface area contributed by atoms with Gasteiger partial charge in [-0.2, -0.15) is 5.10 Å². The molecule has 9 heteroatoms. The number of aryl methyl sites for hydroxylation is 2. The van der Waals surface area contributed by atoms with Crippen molar-refractivity contribution >= 4 is 23.5 Å². The van der Waals surface area contributed by atoms with Crippen LogP contribution in [0.1, 0.15) is 56.2 Å². The van der Waals surface area contributed by atoms with Crippen molar-refractivity contribution < 1.29 is 14.0 Å². The van der Waals surface area contributed by atoms with Gasteiger partial charge in [0.15, 0.2) is 5.76 Å². The van der Waals surface area contributed by atoms with E-state index in [0.29, 0.717) is 35.4 Å². The molecule has 0 unspecified atom stereocenters. The van der Waals surface area contributed by atoms with Crippen molar-refractivity contribution in [3.05, 3.63) is 58.0 Å². The molecule has 1 aliphatic rings. The van der Waals surface area contributed by atoms with E-state index in [2.05, 4.69) is 21.1 Å². The van der Waals surface area contributed by atoms with Gasteiger partial charge in [0.2, 0.25) is 5.96 Å². The molecule has 0 fully saturated rings. The summed E-state index contributed by atoms with van der Waals surface area (Å²) in [7, 11) is 0. The minimum atomic E-state index is -0.548. The third-order valence-corrected chi connectivity index (χ3v) is 4.42. The number of hydrazine groups is 1. The maximum Gasteiger partial charge on any atom is 0.305 e. The quantitative estimate of drug-likeness (QED) is 0.358. The van der Waals surface area contributed by atoms with Crippen LogP contribution < -0.4 is 22.3 Å². The molecule has 1 heterocycles. The maximum atomic E-state index is 12.5. The fourth-order valence-electron chi connectivity index (χ4n) is 3.05. The van der Waals surface area contributed by atoms with Crippen LogP contribution in [-0.2, 0) is 6.42 Å². The highest BCUT2D eigenvalue weighted by Crippen LogP contribution is 2.30. The lowest BCUT2D eigenvalue weighted by molar-refractivity contribution is 0.0829. The number of benzene rings is 1. The van der Waals surface area contributed by atoms with Gasteiger partial charge in [0.25, 0.3) is 5.91 Å². The second-order valence-corrected chi connectivity index (χ2v) is 6.55. The second-order valence-electron chi connectivity index (χ2n) is 6.55. The average molecular weight is 382 g/mol. The molecule has 1 aromatic carbocycles. The summed E-state index contributed by atoms with van der Waals surface area (Å²) in [4.78, 5) is 24.7. The Labute approximate surface area is 161 Å². The van der Waals surface area contributed by atoms with E-state index in [9.17, 15) is 9.59 Å². The number of hydrogen-bond donors (Lipinski definition) is 4. The van der Waals surface area contributed by atoms with Crippen molar-refractivity contribution in [2.75, 3.05) is 0 Å². The lowest BCUT2D eigenvalue weighted by Gasteiger charge is -2.11. The molecule has 0 saturated carbocycles. The first-order valence-electron chi connectivity index (χ1n) is 8.82. The number of nitrogens with zero attached hydrogens (tertiary/aromatic N) is 2. The summed E-state index contributed by atoms with van der Waals surface area (Å²) in [6.07, 6.45) is 2.17. The molecule has 28 heavy (non-hydrogen) atoms. The van der Waals surface area contributed by atoms with E-state index in [1.165, 1.54) is 0 Å². The van der Waals surface area contributed by atoms with Crippen LogP contribution in [0.3, 0.4) is 0 Å². The zero-order valence-electron chi connectivity index (χ0n) is 15.7. The van der Waals surface area contributed by atoms with Gasteiger partial charge in [0.05, 0.1) is 5.71 Å². The Morgan fingerprint density at radius 3 is 2.39 bits per heavy atom. The highest BCUT2D eigenvalue weighted by atomic mass is 16.4. The van der Waals surface area contributed by atoms with Crippen molar-refractivity contribution in [2.24, 2.45) is 21.7 Å². The molecule has 2 aromatic rings. The molecular formula is C19H22N6O3. The number of rotatable bonds is 3. The normalized spacial score (nSPS) is 14.3. The van der Waals surface area contributed by atoms with Crippen molar-refractivity contribution in [2.45, 2.75) is 33.1 Å². The van der Waals surface area contributed by atoms with Gasteiger partial charge in [-0.3, -0.25) is 20.4 Å². The minimum absolute atomic E-state index is 0.119. The number of furan rings is 1. The Morgan fingerprint density at radius 2 is 1.71 bits per heavy atom. The van der Waals surface area contributed by atoms with Crippen LogP contribution in [0.5, 0.6) is 0 Å². The molecule has 2 amide bonds. The molecule has 9 nitrogen and oxygen atoms in total. The predicted octanol–water partition coefficient (Wildman–Crippen LogP) is 1.29. The third kappa shape index (κ3) is 4.03. The minimum Gasteiger partial charge on any atom is -0.455 e. The van der Waals surface area contributed by atoms with Gasteiger partial charge in [0.1, 0.15) is 5.76 Å². The van der Waals surface area contributed by atoms with Gasteiger partial charge >= 0.3 is 5.91 Å². The number of nitrogens with two attached hydrogens (primary N) is 2. The standard InChI is InChI=1S/C19H22N6O3/c1-10-6-8-12(9-7-10)17(26)23-24-18(27)16-11(2)15-13(22-25-19(20)21)4-3-5-14(15)28-16/h6-9H,3-5H2,1-2H3,(H,23,26)(H,24,27)(H4,20,21,25)/b22-13+. The Hall–Kier alpha value is -3.62. The largest absolute Gasteiger partial charge is 0.455 e. The third-order valence-electron chi connectivity index (χ3n) is 4.42. The first-order valence-corrected chi connectivity index (χ1v) is 8.82. The van der Waals surface area contributed by atoms with Crippen LogP contribution in [0.25, 0.3) is 0 Å². The molecule has 0 spiro atoms. The molecule has 0 bridgehead atoms. The fourth-order valence-corrected chi connectivity index (χ4v) is 3.05.